The summed E-state index contributed by atoms with van der Waals surface area (Å²) in [4.78, 5) is 30.0. The van der Waals surface area contributed by atoms with Gasteiger partial charge in [-0.3, -0.25) is 14.2 Å². The van der Waals surface area contributed by atoms with Gasteiger partial charge in [-0.1, -0.05) is 71.5 Å². The molecule has 0 radical (unpaired) electrons. The van der Waals surface area contributed by atoms with Crippen LogP contribution in [0.15, 0.2) is 71.0 Å². The highest BCUT2D eigenvalue weighted by Gasteiger charge is 2.14. The van der Waals surface area contributed by atoms with Crippen molar-refractivity contribution in [1.29, 1.82) is 0 Å². The van der Waals surface area contributed by atoms with Crippen molar-refractivity contribution in [2.45, 2.75) is 19.9 Å². The zero-order valence-electron chi connectivity index (χ0n) is 15.8. The summed E-state index contributed by atoms with van der Waals surface area (Å²) in [6.45, 7) is 1.97. The number of nitrogens with one attached hydrogen (secondary N) is 1. The van der Waals surface area contributed by atoms with E-state index in [0.717, 1.165) is 39.5 Å². The average molecular weight is 422 g/mol. The van der Waals surface area contributed by atoms with Crippen molar-refractivity contribution in [3.05, 3.63) is 91.8 Å². The second-order valence-corrected chi connectivity index (χ2v) is 8.62. The Hall–Kier alpha value is -3.03. The highest BCUT2D eigenvalue weighted by Crippen LogP contribution is 2.23. The molecule has 0 saturated carbocycles. The first-order valence-corrected chi connectivity index (χ1v) is 10.8. The number of rotatable bonds is 6. The normalized spacial score (nSPS) is 10.8. The SMILES string of the molecule is Cc1ccc(-c2csc(=O)n2CC(=O)Nc2ncc(Cc3ccccc3)s2)cc1. The van der Waals surface area contributed by atoms with E-state index in [1.807, 2.05) is 49.4 Å². The molecule has 7 heteroatoms. The van der Waals surface area contributed by atoms with Crippen molar-refractivity contribution in [2.24, 2.45) is 0 Å². The lowest BCUT2D eigenvalue weighted by Crippen LogP contribution is -2.24. The van der Waals surface area contributed by atoms with Crippen LogP contribution in [0.25, 0.3) is 11.3 Å². The van der Waals surface area contributed by atoms with Gasteiger partial charge in [0.15, 0.2) is 5.13 Å². The largest absolute Gasteiger partial charge is 0.308 e. The summed E-state index contributed by atoms with van der Waals surface area (Å²) in [5.74, 6) is -0.264. The minimum Gasteiger partial charge on any atom is -0.300 e. The summed E-state index contributed by atoms with van der Waals surface area (Å²) in [5.41, 5.74) is 4.01. The van der Waals surface area contributed by atoms with Gasteiger partial charge in [0.05, 0.1) is 5.69 Å². The maximum Gasteiger partial charge on any atom is 0.308 e. The van der Waals surface area contributed by atoms with Crippen molar-refractivity contribution in [3.8, 4) is 11.3 Å². The molecule has 0 spiro atoms. The summed E-state index contributed by atoms with van der Waals surface area (Å²) in [6, 6.07) is 18.0. The Morgan fingerprint density at radius 1 is 1.10 bits per heavy atom. The van der Waals surface area contributed by atoms with Gasteiger partial charge >= 0.3 is 4.87 Å². The Morgan fingerprint density at radius 3 is 2.62 bits per heavy atom. The molecule has 2 aromatic heterocycles. The third kappa shape index (κ3) is 4.70. The van der Waals surface area contributed by atoms with E-state index in [1.54, 1.807) is 11.6 Å². The van der Waals surface area contributed by atoms with Crippen molar-refractivity contribution in [2.75, 3.05) is 5.32 Å². The molecule has 0 aliphatic heterocycles. The van der Waals surface area contributed by atoms with Crippen molar-refractivity contribution >= 4 is 33.7 Å². The molecule has 2 heterocycles. The quantitative estimate of drug-likeness (QED) is 0.496. The number of thiazole rings is 2. The van der Waals surface area contributed by atoms with Crippen LogP contribution < -0.4 is 10.2 Å². The van der Waals surface area contributed by atoms with Crippen LogP contribution in [0.1, 0.15) is 16.0 Å². The topological polar surface area (TPSA) is 64.0 Å². The number of aromatic nitrogens is 2. The first-order chi connectivity index (χ1) is 14.1. The average Bonchev–Trinajstić information content (AvgIpc) is 3.30. The predicted molar refractivity (Wildman–Crippen MR) is 119 cm³/mol. The summed E-state index contributed by atoms with van der Waals surface area (Å²) in [6.07, 6.45) is 2.55. The fourth-order valence-corrected chi connectivity index (χ4v) is 4.60. The third-order valence-corrected chi connectivity index (χ3v) is 6.13. The minimum atomic E-state index is -0.264. The van der Waals surface area contributed by atoms with Gasteiger partial charge in [-0.2, -0.15) is 0 Å². The molecule has 29 heavy (non-hydrogen) atoms. The molecule has 5 nitrogen and oxygen atoms in total. The van der Waals surface area contributed by atoms with Gasteiger partial charge in [0.1, 0.15) is 6.54 Å². The molecule has 0 atom stereocenters. The monoisotopic (exact) mass is 421 g/mol. The lowest BCUT2D eigenvalue weighted by Gasteiger charge is -2.08. The lowest BCUT2D eigenvalue weighted by atomic mass is 10.1. The van der Waals surface area contributed by atoms with Gasteiger partial charge in [0.25, 0.3) is 0 Å². The van der Waals surface area contributed by atoms with Gasteiger partial charge in [0.2, 0.25) is 5.91 Å². The van der Waals surface area contributed by atoms with Gasteiger partial charge in [-0.05, 0) is 18.1 Å². The van der Waals surface area contributed by atoms with Crippen LogP contribution >= 0.6 is 22.7 Å². The molecule has 4 rings (SSSR count). The third-order valence-electron chi connectivity index (χ3n) is 4.45. The number of hydrogen-bond donors (Lipinski definition) is 1. The molecular weight excluding hydrogens is 402 g/mol. The number of nitrogens with zero attached hydrogens (tertiary/aromatic N) is 2. The molecule has 0 aliphatic rings. The van der Waals surface area contributed by atoms with E-state index in [1.165, 1.54) is 21.5 Å². The molecule has 0 fully saturated rings. The molecule has 0 saturated heterocycles. The van der Waals surface area contributed by atoms with Gasteiger partial charge in [-0.25, -0.2) is 4.98 Å². The van der Waals surface area contributed by atoms with Gasteiger partial charge < -0.3 is 5.32 Å². The highest BCUT2D eigenvalue weighted by atomic mass is 32.1. The molecule has 146 valence electrons. The second-order valence-electron chi connectivity index (χ2n) is 6.68. The van der Waals surface area contributed by atoms with Gasteiger partial charge in [0, 0.05) is 22.9 Å². The maximum atomic E-state index is 12.5. The van der Waals surface area contributed by atoms with Crippen molar-refractivity contribution in [1.82, 2.24) is 9.55 Å². The van der Waals surface area contributed by atoms with Crippen LogP contribution in [0.4, 0.5) is 5.13 Å². The van der Waals surface area contributed by atoms with E-state index in [2.05, 4.69) is 22.4 Å². The Labute approximate surface area is 176 Å². The smallest absolute Gasteiger partial charge is 0.300 e. The van der Waals surface area contributed by atoms with Gasteiger partial charge in [-0.15, -0.1) is 11.3 Å². The number of aryl methyl sites for hydroxylation is 1. The number of amides is 1. The maximum absolute atomic E-state index is 12.5. The van der Waals surface area contributed by atoms with E-state index < -0.39 is 0 Å². The van der Waals surface area contributed by atoms with E-state index in [0.29, 0.717) is 5.13 Å². The molecular formula is C22H19N3O2S2. The predicted octanol–water partition coefficient (Wildman–Crippen LogP) is 4.57. The van der Waals surface area contributed by atoms with E-state index in [-0.39, 0.29) is 17.3 Å². The number of carbonyl (C=O) groups is 1. The highest BCUT2D eigenvalue weighted by molar-refractivity contribution is 7.15. The van der Waals surface area contributed by atoms with Crippen LogP contribution in [0.3, 0.4) is 0 Å². The Morgan fingerprint density at radius 2 is 1.86 bits per heavy atom. The number of benzene rings is 2. The first kappa shape index (κ1) is 19.3. The fourth-order valence-electron chi connectivity index (χ4n) is 2.98. The number of carbonyl (C=O) groups excluding carboxylic acids is 1. The van der Waals surface area contributed by atoms with Crippen LogP contribution in [0, 0.1) is 6.92 Å². The molecule has 2 aromatic carbocycles. The Balaban J connectivity index is 1.45. The van der Waals surface area contributed by atoms with Crippen LogP contribution in [-0.2, 0) is 17.8 Å². The molecule has 4 aromatic rings. The number of anilines is 1. The molecule has 1 N–H and O–H groups in total. The van der Waals surface area contributed by atoms with Crippen LogP contribution in [0.5, 0.6) is 0 Å². The van der Waals surface area contributed by atoms with Crippen molar-refractivity contribution in [3.63, 3.8) is 0 Å². The molecule has 0 bridgehead atoms. The zero-order chi connectivity index (χ0) is 20.2. The summed E-state index contributed by atoms with van der Waals surface area (Å²) in [7, 11) is 0. The summed E-state index contributed by atoms with van der Waals surface area (Å²) in [5, 5.41) is 5.15. The van der Waals surface area contributed by atoms with Crippen LogP contribution in [0.2, 0.25) is 0 Å². The fraction of sp³-hybridized carbons (Fsp3) is 0.136. The van der Waals surface area contributed by atoms with E-state index in [9.17, 15) is 9.59 Å². The summed E-state index contributed by atoms with van der Waals surface area (Å²) >= 11 is 2.55. The van der Waals surface area contributed by atoms with Crippen LogP contribution in [-0.4, -0.2) is 15.5 Å². The molecule has 0 aliphatic carbocycles. The van der Waals surface area contributed by atoms with Crippen molar-refractivity contribution < 1.29 is 4.79 Å². The Kier molecular flexibility index (Phi) is 5.69. The first-order valence-electron chi connectivity index (χ1n) is 9.12. The molecule has 1 amide bonds. The Bertz CT molecular complexity index is 1170. The summed E-state index contributed by atoms with van der Waals surface area (Å²) < 4.78 is 1.50. The zero-order valence-corrected chi connectivity index (χ0v) is 17.4. The minimum absolute atomic E-state index is 0.0425. The lowest BCUT2D eigenvalue weighted by molar-refractivity contribution is -0.116. The molecule has 0 unspecified atom stereocenters. The van der Waals surface area contributed by atoms with E-state index in [4.69, 9.17) is 0 Å². The second kappa shape index (κ2) is 8.55. The van der Waals surface area contributed by atoms with E-state index >= 15 is 0 Å². The number of hydrogen-bond acceptors (Lipinski definition) is 5. The standard InChI is InChI=1S/C22H19N3O2S2/c1-15-7-9-17(10-8-15)19-14-28-22(27)25(19)13-20(26)24-21-23-12-18(29-21)11-16-5-3-2-4-6-16/h2-10,12,14H,11,13H2,1H3,(H,23,24,26).